The molecule has 0 atom stereocenters. The Morgan fingerprint density at radius 2 is 2.12 bits per heavy atom. The molecule has 0 heterocycles. The van der Waals surface area contributed by atoms with E-state index in [0.717, 1.165) is 0 Å². The Kier molecular flexibility index (Phi) is 4.08. The van der Waals surface area contributed by atoms with Crippen molar-refractivity contribution in [2.24, 2.45) is 10.8 Å². The molecule has 17 heavy (non-hydrogen) atoms. The van der Waals surface area contributed by atoms with Gasteiger partial charge in [0.25, 0.3) is 5.69 Å². The first-order valence-corrected chi connectivity index (χ1v) is 4.73. The smallest absolute Gasteiger partial charge is 0.269 e. The van der Waals surface area contributed by atoms with Crippen LogP contribution < -0.4 is 11.2 Å². The Hall–Kier alpha value is -2.53. The minimum absolute atomic E-state index is 0.0330. The van der Waals surface area contributed by atoms with Crippen molar-refractivity contribution in [2.75, 3.05) is 5.43 Å². The predicted octanol–water partition coefficient (Wildman–Crippen LogP) is 1.17. The lowest BCUT2D eigenvalue weighted by Gasteiger charge is -2.00. The van der Waals surface area contributed by atoms with Crippen molar-refractivity contribution >= 4 is 34.3 Å². The van der Waals surface area contributed by atoms with Crippen LogP contribution in [0.1, 0.15) is 0 Å². The largest absolute Gasteiger partial charge is 0.387 e. The molecule has 0 saturated carbocycles. The van der Waals surface area contributed by atoms with Crippen LogP contribution in [0, 0.1) is 21.4 Å². The number of nitriles is 1. The lowest BCUT2D eigenvalue weighted by molar-refractivity contribution is -0.384. The van der Waals surface area contributed by atoms with Crippen LogP contribution in [-0.2, 0) is 0 Å². The van der Waals surface area contributed by atoms with E-state index in [1.807, 2.05) is 0 Å². The number of hydrogen-bond acceptors (Lipinski definition) is 6. The van der Waals surface area contributed by atoms with E-state index in [2.05, 4.69) is 22.7 Å². The molecule has 1 aromatic carbocycles. The van der Waals surface area contributed by atoms with Crippen molar-refractivity contribution in [3.8, 4) is 6.07 Å². The number of nitrogens with two attached hydrogens (primary N) is 1. The van der Waals surface area contributed by atoms with Gasteiger partial charge in [-0.3, -0.25) is 15.5 Å². The standard InChI is InChI=1S/C9H7N5O2S/c10-5-8(9(11)17)13-12-6-1-3-7(4-2-6)14(15)16/h1-4,12H,(H2,11,17)/b13-8+. The topological polar surface area (TPSA) is 117 Å². The summed E-state index contributed by atoms with van der Waals surface area (Å²) in [5, 5.41) is 22.7. The molecule has 0 aliphatic carbocycles. The highest BCUT2D eigenvalue weighted by molar-refractivity contribution is 7.82. The fourth-order valence-electron chi connectivity index (χ4n) is 0.913. The fraction of sp³-hybridized carbons (Fsp3) is 0. The predicted molar refractivity (Wildman–Crippen MR) is 66.6 cm³/mol. The van der Waals surface area contributed by atoms with Gasteiger partial charge in [0.05, 0.1) is 10.6 Å². The summed E-state index contributed by atoms with van der Waals surface area (Å²) in [5.41, 5.74) is 8.08. The van der Waals surface area contributed by atoms with E-state index < -0.39 is 4.92 Å². The lowest BCUT2D eigenvalue weighted by Crippen LogP contribution is -2.20. The summed E-state index contributed by atoms with van der Waals surface area (Å²) in [6, 6.07) is 7.24. The molecular formula is C9H7N5O2S. The SMILES string of the molecule is N#C/C(=N\Nc1ccc([N+](=O)[O-])cc1)C(N)=S. The Balaban J connectivity index is 2.80. The zero-order valence-electron chi connectivity index (χ0n) is 8.45. The van der Waals surface area contributed by atoms with Crippen molar-refractivity contribution in [3.05, 3.63) is 34.4 Å². The van der Waals surface area contributed by atoms with Gasteiger partial charge in [-0.2, -0.15) is 10.4 Å². The number of rotatable bonds is 4. The van der Waals surface area contributed by atoms with E-state index in [4.69, 9.17) is 11.0 Å². The van der Waals surface area contributed by atoms with Crippen molar-refractivity contribution < 1.29 is 4.92 Å². The second-order valence-corrected chi connectivity index (χ2v) is 3.29. The van der Waals surface area contributed by atoms with Gasteiger partial charge in [-0.25, -0.2) is 0 Å². The average Bonchev–Trinajstić information content (AvgIpc) is 2.30. The summed E-state index contributed by atoms with van der Waals surface area (Å²) in [4.78, 5) is 9.76. The minimum atomic E-state index is -0.511. The highest BCUT2D eigenvalue weighted by atomic mass is 32.1. The van der Waals surface area contributed by atoms with Gasteiger partial charge in [-0.1, -0.05) is 12.2 Å². The van der Waals surface area contributed by atoms with Crippen molar-refractivity contribution in [3.63, 3.8) is 0 Å². The first-order valence-electron chi connectivity index (χ1n) is 4.32. The van der Waals surface area contributed by atoms with Crippen molar-refractivity contribution in [1.82, 2.24) is 0 Å². The molecule has 7 nitrogen and oxygen atoms in total. The number of nitro groups is 1. The van der Waals surface area contributed by atoms with E-state index in [1.165, 1.54) is 24.3 Å². The highest BCUT2D eigenvalue weighted by Crippen LogP contribution is 2.15. The lowest BCUT2D eigenvalue weighted by atomic mass is 10.3. The first kappa shape index (κ1) is 12.5. The van der Waals surface area contributed by atoms with Crippen molar-refractivity contribution in [1.29, 1.82) is 5.26 Å². The van der Waals surface area contributed by atoms with E-state index in [1.54, 1.807) is 6.07 Å². The van der Waals surface area contributed by atoms with Gasteiger partial charge in [0.1, 0.15) is 11.1 Å². The van der Waals surface area contributed by atoms with E-state index in [-0.39, 0.29) is 16.4 Å². The fourth-order valence-corrected chi connectivity index (χ4v) is 1.00. The number of hydrazone groups is 1. The van der Waals surface area contributed by atoms with Gasteiger partial charge in [0, 0.05) is 12.1 Å². The van der Waals surface area contributed by atoms with Gasteiger partial charge < -0.3 is 5.73 Å². The van der Waals surface area contributed by atoms with Crippen LogP contribution in [0.5, 0.6) is 0 Å². The summed E-state index contributed by atoms with van der Waals surface area (Å²) in [5.74, 6) is 0. The zero-order chi connectivity index (χ0) is 12.8. The zero-order valence-corrected chi connectivity index (χ0v) is 9.27. The molecule has 0 saturated heterocycles. The molecule has 0 aromatic heterocycles. The van der Waals surface area contributed by atoms with Crippen LogP contribution >= 0.6 is 12.2 Å². The monoisotopic (exact) mass is 249 g/mol. The average molecular weight is 249 g/mol. The molecule has 0 aliphatic rings. The van der Waals surface area contributed by atoms with E-state index in [0.29, 0.717) is 5.69 Å². The second-order valence-electron chi connectivity index (χ2n) is 2.85. The quantitative estimate of drug-likeness (QED) is 0.358. The van der Waals surface area contributed by atoms with Gasteiger partial charge in [-0.15, -0.1) is 0 Å². The van der Waals surface area contributed by atoms with Crippen LogP contribution in [-0.4, -0.2) is 15.6 Å². The Labute approximate surface area is 102 Å². The number of nitrogens with one attached hydrogen (secondary N) is 1. The molecule has 0 spiro atoms. The number of nitro benzene ring substituents is 1. The second kappa shape index (κ2) is 5.53. The number of hydrogen-bond donors (Lipinski definition) is 2. The van der Waals surface area contributed by atoms with Gasteiger partial charge in [0.15, 0.2) is 5.71 Å². The van der Waals surface area contributed by atoms with Gasteiger partial charge in [-0.05, 0) is 12.1 Å². The number of anilines is 1. The summed E-state index contributed by atoms with van der Waals surface area (Å²) in [6.07, 6.45) is 0. The van der Waals surface area contributed by atoms with E-state index in [9.17, 15) is 10.1 Å². The number of nitrogens with zero attached hydrogens (tertiary/aromatic N) is 3. The maximum atomic E-state index is 10.4. The number of thiocarbonyl (C=S) groups is 1. The molecule has 0 bridgehead atoms. The molecule has 3 N–H and O–H groups in total. The van der Waals surface area contributed by atoms with Gasteiger partial charge >= 0.3 is 0 Å². The molecule has 0 radical (unpaired) electrons. The summed E-state index contributed by atoms with van der Waals surface area (Å²) in [7, 11) is 0. The number of non-ortho nitro benzene ring substituents is 1. The molecule has 86 valence electrons. The third kappa shape index (κ3) is 3.51. The van der Waals surface area contributed by atoms with Crippen LogP contribution in [0.25, 0.3) is 0 Å². The molecule has 0 amide bonds. The number of benzene rings is 1. The van der Waals surface area contributed by atoms with Crippen LogP contribution in [0.3, 0.4) is 0 Å². The molecule has 0 aliphatic heterocycles. The maximum absolute atomic E-state index is 10.4. The maximum Gasteiger partial charge on any atom is 0.269 e. The van der Waals surface area contributed by atoms with Crippen LogP contribution in [0.2, 0.25) is 0 Å². The molecule has 0 unspecified atom stereocenters. The summed E-state index contributed by atoms with van der Waals surface area (Å²) < 4.78 is 0. The van der Waals surface area contributed by atoms with Crippen LogP contribution in [0.4, 0.5) is 11.4 Å². The first-order chi connectivity index (χ1) is 8.04. The normalized spacial score (nSPS) is 10.4. The van der Waals surface area contributed by atoms with Gasteiger partial charge in [0.2, 0.25) is 0 Å². The van der Waals surface area contributed by atoms with E-state index >= 15 is 0 Å². The summed E-state index contributed by atoms with van der Waals surface area (Å²) >= 11 is 4.58. The Morgan fingerprint density at radius 1 is 1.53 bits per heavy atom. The van der Waals surface area contributed by atoms with Crippen molar-refractivity contribution in [2.45, 2.75) is 0 Å². The molecule has 8 heteroatoms. The van der Waals surface area contributed by atoms with Crippen LogP contribution in [0.15, 0.2) is 29.4 Å². The third-order valence-electron chi connectivity index (χ3n) is 1.71. The third-order valence-corrected chi connectivity index (χ3v) is 1.91. The Morgan fingerprint density at radius 3 is 2.53 bits per heavy atom. The highest BCUT2D eigenvalue weighted by Gasteiger charge is 2.04. The molecular weight excluding hydrogens is 242 g/mol. The molecule has 1 rings (SSSR count). The summed E-state index contributed by atoms with van der Waals surface area (Å²) in [6.45, 7) is 0. The Bertz CT molecular complexity index is 517. The minimum Gasteiger partial charge on any atom is -0.387 e. The molecule has 1 aromatic rings. The molecule has 0 fully saturated rings.